The van der Waals surface area contributed by atoms with Gasteiger partial charge in [-0.15, -0.1) is 0 Å². The molecule has 1 saturated carbocycles. The SMILES string of the molecule is c1ccc2c([Se][C@@H]3C[C@H]4CCCC[C@@H]4O3)cccc2c1. The Morgan fingerprint density at radius 2 is 1.80 bits per heavy atom. The molecule has 2 aromatic carbocycles. The van der Waals surface area contributed by atoms with Gasteiger partial charge in [-0.2, -0.15) is 0 Å². The maximum atomic E-state index is 6.35. The van der Waals surface area contributed by atoms with Crippen molar-refractivity contribution in [3.8, 4) is 0 Å². The minimum atomic E-state index is 0.443. The van der Waals surface area contributed by atoms with Crippen LogP contribution in [0.5, 0.6) is 0 Å². The zero-order valence-electron chi connectivity index (χ0n) is 11.6. The molecule has 0 N–H and O–H groups in total. The Labute approximate surface area is 126 Å². The van der Waals surface area contributed by atoms with Crippen LogP contribution in [-0.2, 0) is 4.74 Å². The number of ether oxygens (including phenoxy) is 1. The molecule has 0 spiro atoms. The Morgan fingerprint density at radius 1 is 0.950 bits per heavy atom. The van der Waals surface area contributed by atoms with Gasteiger partial charge in [0, 0.05) is 0 Å². The van der Waals surface area contributed by atoms with Gasteiger partial charge in [0.25, 0.3) is 0 Å². The molecular formula is C18H20OSe. The molecule has 0 bridgehead atoms. The van der Waals surface area contributed by atoms with Gasteiger partial charge in [-0.3, -0.25) is 0 Å². The third-order valence-corrected chi connectivity index (χ3v) is 7.14. The second-order valence-electron chi connectivity index (χ2n) is 5.98. The van der Waals surface area contributed by atoms with Gasteiger partial charge in [0.1, 0.15) is 0 Å². The number of benzene rings is 2. The van der Waals surface area contributed by atoms with Crippen molar-refractivity contribution < 1.29 is 4.74 Å². The summed E-state index contributed by atoms with van der Waals surface area (Å²) in [5, 5.41) is 3.29. The first-order chi connectivity index (χ1) is 9.90. The maximum absolute atomic E-state index is 6.35. The third kappa shape index (κ3) is 2.41. The van der Waals surface area contributed by atoms with E-state index in [0.717, 1.165) is 5.92 Å². The molecule has 0 amide bonds. The summed E-state index contributed by atoms with van der Waals surface area (Å²) in [6.45, 7) is 0. The predicted molar refractivity (Wildman–Crippen MR) is 84.6 cm³/mol. The normalized spacial score (nSPS) is 29.5. The molecule has 2 aliphatic rings. The molecule has 1 aliphatic heterocycles. The van der Waals surface area contributed by atoms with Crippen molar-refractivity contribution in [1.29, 1.82) is 0 Å². The summed E-state index contributed by atoms with van der Waals surface area (Å²) in [5.41, 5.74) is 0. The van der Waals surface area contributed by atoms with Crippen molar-refractivity contribution >= 4 is 30.2 Å². The fraction of sp³-hybridized carbons (Fsp3) is 0.444. The summed E-state index contributed by atoms with van der Waals surface area (Å²) in [6.07, 6.45) is 7.35. The molecule has 0 aromatic heterocycles. The van der Waals surface area contributed by atoms with Crippen LogP contribution in [0.1, 0.15) is 32.1 Å². The molecule has 1 aliphatic carbocycles. The van der Waals surface area contributed by atoms with E-state index in [1.165, 1.54) is 47.3 Å². The van der Waals surface area contributed by atoms with Gasteiger partial charge in [-0.05, 0) is 0 Å². The minimum absolute atomic E-state index is 0.443. The molecule has 104 valence electrons. The van der Waals surface area contributed by atoms with Crippen LogP contribution in [-0.4, -0.2) is 26.1 Å². The first-order valence-corrected chi connectivity index (χ1v) is 9.54. The molecular weight excluding hydrogens is 311 g/mol. The Balaban J connectivity index is 1.56. The van der Waals surface area contributed by atoms with E-state index in [0.29, 0.717) is 26.1 Å². The Kier molecular flexibility index (Phi) is 3.56. The van der Waals surface area contributed by atoms with Crippen LogP contribution in [0, 0.1) is 5.92 Å². The van der Waals surface area contributed by atoms with Gasteiger partial charge in [0.2, 0.25) is 0 Å². The quantitative estimate of drug-likeness (QED) is 0.766. The van der Waals surface area contributed by atoms with Crippen molar-refractivity contribution in [3.63, 3.8) is 0 Å². The summed E-state index contributed by atoms with van der Waals surface area (Å²) in [6, 6.07) is 15.5. The molecule has 1 heterocycles. The molecule has 3 atom stereocenters. The summed E-state index contributed by atoms with van der Waals surface area (Å²) in [4.78, 5) is 0. The topological polar surface area (TPSA) is 9.23 Å². The predicted octanol–water partition coefficient (Wildman–Crippen LogP) is 3.47. The van der Waals surface area contributed by atoms with Gasteiger partial charge in [0.05, 0.1) is 0 Å². The molecule has 0 radical (unpaired) electrons. The van der Waals surface area contributed by atoms with E-state index in [4.69, 9.17) is 4.74 Å². The molecule has 0 unspecified atom stereocenters. The van der Waals surface area contributed by atoms with Crippen molar-refractivity contribution in [2.24, 2.45) is 5.92 Å². The van der Waals surface area contributed by atoms with Crippen molar-refractivity contribution in [1.82, 2.24) is 0 Å². The molecule has 20 heavy (non-hydrogen) atoms. The summed E-state index contributed by atoms with van der Waals surface area (Å²) in [7, 11) is 0. The fourth-order valence-corrected chi connectivity index (χ4v) is 6.35. The standard InChI is InChI=1S/C18H20OSe/c1-3-9-15-13(6-1)8-5-11-17(15)20-18-12-14-7-2-4-10-16(14)19-18/h1,3,5-6,8-9,11,14,16,18H,2,4,7,10,12H2/t14-,16+,18-/m1/s1. The second-order valence-corrected chi connectivity index (χ2v) is 8.50. The Bertz CT molecular complexity index is 590. The van der Waals surface area contributed by atoms with E-state index < -0.39 is 0 Å². The van der Waals surface area contributed by atoms with E-state index in [2.05, 4.69) is 42.5 Å². The average Bonchev–Trinajstić information content (AvgIpc) is 2.90. The molecule has 1 saturated heterocycles. The molecule has 2 fully saturated rings. The van der Waals surface area contributed by atoms with Gasteiger partial charge in [-0.25, -0.2) is 0 Å². The summed E-state index contributed by atoms with van der Waals surface area (Å²) in [5.74, 6) is 0.852. The van der Waals surface area contributed by atoms with Crippen molar-refractivity contribution in [2.45, 2.75) is 43.2 Å². The van der Waals surface area contributed by atoms with Crippen molar-refractivity contribution in [3.05, 3.63) is 42.5 Å². The zero-order valence-corrected chi connectivity index (χ0v) is 13.3. The molecule has 2 aromatic rings. The molecule has 1 nitrogen and oxygen atoms in total. The summed E-state index contributed by atoms with van der Waals surface area (Å²) >= 11 is 0.443. The van der Waals surface area contributed by atoms with Gasteiger partial charge in [0.15, 0.2) is 0 Å². The summed E-state index contributed by atoms with van der Waals surface area (Å²) < 4.78 is 7.86. The monoisotopic (exact) mass is 332 g/mol. The molecule has 2 heteroatoms. The van der Waals surface area contributed by atoms with Crippen LogP contribution in [0.4, 0.5) is 0 Å². The number of hydrogen-bond donors (Lipinski definition) is 0. The van der Waals surface area contributed by atoms with Crippen LogP contribution in [0.15, 0.2) is 42.5 Å². The van der Waals surface area contributed by atoms with E-state index >= 15 is 0 Å². The van der Waals surface area contributed by atoms with Crippen LogP contribution >= 0.6 is 0 Å². The first kappa shape index (κ1) is 12.9. The van der Waals surface area contributed by atoms with Gasteiger partial charge in [-0.1, -0.05) is 0 Å². The third-order valence-electron chi connectivity index (χ3n) is 4.67. The van der Waals surface area contributed by atoms with Gasteiger partial charge < -0.3 is 0 Å². The van der Waals surface area contributed by atoms with Crippen molar-refractivity contribution in [2.75, 3.05) is 0 Å². The van der Waals surface area contributed by atoms with E-state index in [-0.39, 0.29) is 0 Å². The number of hydrogen-bond acceptors (Lipinski definition) is 1. The molecule has 4 rings (SSSR count). The Morgan fingerprint density at radius 3 is 2.75 bits per heavy atom. The average molecular weight is 331 g/mol. The van der Waals surface area contributed by atoms with Crippen LogP contribution in [0.3, 0.4) is 0 Å². The van der Waals surface area contributed by atoms with E-state index in [1.54, 1.807) is 0 Å². The number of rotatable bonds is 2. The Hall–Kier alpha value is -0.821. The van der Waals surface area contributed by atoms with E-state index in [1.807, 2.05) is 0 Å². The van der Waals surface area contributed by atoms with Gasteiger partial charge >= 0.3 is 127 Å². The van der Waals surface area contributed by atoms with Crippen LogP contribution in [0.25, 0.3) is 10.8 Å². The van der Waals surface area contributed by atoms with E-state index in [9.17, 15) is 0 Å². The number of fused-ring (bicyclic) bond motifs is 2. The zero-order chi connectivity index (χ0) is 13.4. The fourth-order valence-electron chi connectivity index (χ4n) is 3.64. The first-order valence-electron chi connectivity index (χ1n) is 7.70. The van der Waals surface area contributed by atoms with Crippen LogP contribution in [0.2, 0.25) is 0 Å². The second kappa shape index (κ2) is 5.52. The van der Waals surface area contributed by atoms with Crippen LogP contribution < -0.4 is 4.46 Å².